The van der Waals surface area contributed by atoms with E-state index in [1.807, 2.05) is 49.9 Å². The molecule has 9 nitrogen and oxygen atoms in total. The van der Waals surface area contributed by atoms with Gasteiger partial charge in [0.1, 0.15) is 11.6 Å². The maximum Gasteiger partial charge on any atom is 0.247 e. The van der Waals surface area contributed by atoms with Crippen LogP contribution < -0.4 is 20.3 Å². The number of aryl methyl sites for hydroxylation is 1. The number of aromatic nitrogens is 3. The summed E-state index contributed by atoms with van der Waals surface area (Å²) < 4.78 is 21.6. The molecule has 0 radical (unpaired) electrons. The Kier molecular flexibility index (Phi) is 7.92. The Morgan fingerprint density at radius 3 is 2.66 bits per heavy atom. The van der Waals surface area contributed by atoms with Gasteiger partial charge in [-0.25, -0.2) is 14.4 Å². The first-order valence-corrected chi connectivity index (χ1v) is 12.1. The van der Waals surface area contributed by atoms with E-state index in [0.717, 1.165) is 35.2 Å². The highest BCUT2D eigenvalue weighted by Gasteiger charge is 2.17. The average molecular weight is 518 g/mol. The van der Waals surface area contributed by atoms with Gasteiger partial charge in [-0.05, 0) is 50.5 Å². The third-order valence-electron chi connectivity index (χ3n) is 6.18. The molecule has 0 spiro atoms. The molecule has 0 saturated carbocycles. The lowest BCUT2D eigenvalue weighted by atomic mass is 10.1. The quantitative estimate of drug-likeness (QED) is 0.296. The minimum Gasteiger partial charge on any atom is -0.494 e. The van der Waals surface area contributed by atoms with Crippen LogP contribution in [-0.2, 0) is 11.8 Å². The molecule has 2 aromatic heterocycles. The molecule has 0 atom stereocenters. The largest absolute Gasteiger partial charge is 0.494 e. The highest BCUT2D eigenvalue weighted by Crippen LogP contribution is 2.38. The van der Waals surface area contributed by atoms with Gasteiger partial charge in [0.2, 0.25) is 11.9 Å². The lowest BCUT2D eigenvalue weighted by Gasteiger charge is -2.26. The standard InChI is InChI=1S/C28H32FN7O2/c1-7-27(37)31-22-15-23(26(38-6)16-25(22)35(4)13-12-34(2)3)33-28-30-11-10-21(32-28)20-17-36(5)24-9-8-18(29)14-19(20)24/h7-11,14-17H,1,12-13H2,2-6H3,(H,31,37)(H,30,32,33). The number of hydrogen-bond donors (Lipinski definition) is 2. The van der Waals surface area contributed by atoms with Gasteiger partial charge in [0.25, 0.3) is 0 Å². The lowest BCUT2D eigenvalue weighted by molar-refractivity contribution is -0.111. The molecular weight excluding hydrogens is 485 g/mol. The zero-order valence-corrected chi connectivity index (χ0v) is 22.2. The van der Waals surface area contributed by atoms with Crippen LogP contribution in [0.15, 0.2) is 61.4 Å². The second kappa shape index (κ2) is 11.3. The average Bonchev–Trinajstić information content (AvgIpc) is 3.22. The maximum atomic E-state index is 14.0. The molecule has 1 amide bonds. The van der Waals surface area contributed by atoms with Crippen molar-refractivity contribution in [3.63, 3.8) is 0 Å². The number of carbonyl (C=O) groups excluding carboxylic acids is 1. The molecule has 0 unspecified atom stereocenters. The zero-order chi connectivity index (χ0) is 27.4. The number of ether oxygens (including phenoxy) is 1. The van der Waals surface area contributed by atoms with Gasteiger partial charge in [-0.1, -0.05) is 6.58 Å². The number of methoxy groups -OCH3 is 1. The Labute approximate surface area is 221 Å². The molecule has 198 valence electrons. The molecule has 0 aliphatic heterocycles. The van der Waals surface area contributed by atoms with Crippen molar-refractivity contribution in [3.05, 3.63) is 67.3 Å². The summed E-state index contributed by atoms with van der Waals surface area (Å²) in [6.45, 7) is 5.12. The zero-order valence-electron chi connectivity index (χ0n) is 22.2. The van der Waals surface area contributed by atoms with Crippen molar-refractivity contribution >= 4 is 39.8 Å². The number of rotatable bonds is 10. The first-order chi connectivity index (χ1) is 18.2. The molecule has 0 fully saturated rings. The second-order valence-corrected chi connectivity index (χ2v) is 9.19. The van der Waals surface area contributed by atoms with Crippen LogP contribution in [0.4, 0.5) is 27.4 Å². The van der Waals surface area contributed by atoms with Crippen LogP contribution in [-0.4, -0.2) is 66.7 Å². The molecule has 2 N–H and O–H groups in total. The van der Waals surface area contributed by atoms with E-state index in [1.54, 1.807) is 31.5 Å². The Balaban J connectivity index is 1.72. The fourth-order valence-corrected chi connectivity index (χ4v) is 4.16. The van der Waals surface area contributed by atoms with Crippen LogP contribution in [0.5, 0.6) is 5.75 Å². The van der Waals surface area contributed by atoms with E-state index < -0.39 is 0 Å². The number of halogens is 1. The summed E-state index contributed by atoms with van der Waals surface area (Å²) in [5.74, 6) is 0.232. The molecule has 38 heavy (non-hydrogen) atoms. The van der Waals surface area contributed by atoms with Crippen LogP contribution >= 0.6 is 0 Å². The van der Waals surface area contributed by atoms with Gasteiger partial charge in [0.15, 0.2) is 0 Å². The van der Waals surface area contributed by atoms with E-state index in [9.17, 15) is 9.18 Å². The minimum atomic E-state index is -0.329. The monoisotopic (exact) mass is 517 g/mol. The topological polar surface area (TPSA) is 87.5 Å². The van der Waals surface area contributed by atoms with Crippen LogP contribution in [0.25, 0.3) is 22.2 Å². The van der Waals surface area contributed by atoms with Crippen molar-refractivity contribution in [1.82, 2.24) is 19.4 Å². The number of fused-ring (bicyclic) bond motifs is 1. The van der Waals surface area contributed by atoms with Crippen molar-refractivity contribution in [2.45, 2.75) is 0 Å². The highest BCUT2D eigenvalue weighted by atomic mass is 19.1. The summed E-state index contributed by atoms with van der Waals surface area (Å²) in [7, 11) is 9.45. The van der Waals surface area contributed by atoms with Crippen LogP contribution in [0.3, 0.4) is 0 Å². The van der Waals surface area contributed by atoms with Crippen LogP contribution in [0, 0.1) is 5.82 Å². The Morgan fingerprint density at radius 1 is 1.16 bits per heavy atom. The first kappa shape index (κ1) is 26.6. The molecule has 0 aliphatic carbocycles. The van der Waals surface area contributed by atoms with E-state index in [4.69, 9.17) is 4.74 Å². The molecular formula is C28H32FN7O2. The summed E-state index contributed by atoms with van der Waals surface area (Å²) >= 11 is 0. The number of likely N-dealkylation sites (N-methyl/N-ethyl adjacent to an activating group) is 2. The number of nitrogens with zero attached hydrogens (tertiary/aromatic N) is 5. The number of amides is 1. The minimum absolute atomic E-state index is 0.313. The predicted octanol–water partition coefficient (Wildman–Crippen LogP) is 4.65. The van der Waals surface area contributed by atoms with Gasteiger partial charge in [0.05, 0.1) is 29.9 Å². The van der Waals surface area contributed by atoms with E-state index >= 15 is 0 Å². The fraction of sp³-hybridized carbons (Fsp3) is 0.250. The smallest absolute Gasteiger partial charge is 0.247 e. The molecule has 10 heteroatoms. The van der Waals surface area contributed by atoms with Crippen molar-refractivity contribution in [3.8, 4) is 17.0 Å². The number of carbonyl (C=O) groups is 1. The van der Waals surface area contributed by atoms with Gasteiger partial charge < -0.3 is 29.7 Å². The van der Waals surface area contributed by atoms with Gasteiger partial charge in [0, 0.05) is 62.1 Å². The Morgan fingerprint density at radius 2 is 1.95 bits per heavy atom. The highest BCUT2D eigenvalue weighted by molar-refractivity contribution is 6.02. The third kappa shape index (κ3) is 5.76. The number of hydrogen-bond acceptors (Lipinski definition) is 7. The molecule has 0 saturated heterocycles. The van der Waals surface area contributed by atoms with Crippen molar-refractivity contribution in [1.29, 1.82) is 0 Å². The van der Waals surface area contributed by atoms with E-state index in [1.165, 1.54) is 18.2 Å². The molecule has 4 aromatic rings. The number of anilines is 4. The second-order valence-electron chi connectivity index (χ2n) is 9.19. The molecule has 2 heterocycles. The molecule has 2 aromatic carbocycles. The Hall–Kier alpha value is -4.44. The van der Waals surface area contributed by atoms with Gasteiger partial charge >= 0.3 is 0 Å². The van der Waals surface area contributed by atoms with Gasteiger partial charge in [-0.3, -0.25) is 4.79 Å². The van der Waals surface area contributed by atoms with Crippen molar-refractivity contribution < 1.29 is 13.9 Å². The van der Waals surface area contributed by atoms with E-state index in [0.29, 0.717) is 28.8 Å². The van der Waals surface area contributed by atoms with E-state index in [2.05, 4.69) is 32.1 Å². The van der Waals surface area contributed by atoms with Crippen molar-refractivity contribution in [2.24, 2.45) is 7.05 Å². The molecule has 4 rings (SSSR count). The normalized spacial score (nSPS) is 11.0. The SMILES string of the molecule is C=CC(=O)Nc1cc(Nc2nccc(-c3cn(C)c4ccc(F)cc34)n2)c(OC)cc1N(C)CCN(C)C. The predicted molar refractivity (Wildman–Crippen MR) is 151 cm³/mol. The van der Waals surface area contributed by atoms with Gasteiger partial charge in [-0.15, -0.1) is 0 Å². The van der Waals surface area contributed by atoms with Crippen molar-refractivity contribution in [2.75, 3.05) is 56.9 Å². The Bertz CT molecular complexity index is 1480. The van der Waals surface area contributed by atoms with Gasteiger partial charge in [-0.2, -0.15) is 0 Å². The number of nitrogens with one attached hydrogen (secondary N) is 2. The first-order valence-electron chi connectivity index (χ1n) is 12.1. The summed E-state index contributed by atoms with van der Waals surface area (Å²) in [5, 5.41) is 6.86. The van der Waals surface area contributed by atoms with Crippen LogP contribution in [0.2, 0.25) is 0 Å². The maximum absolute atomic E-state index is 14.0. The van der Waals surface area contributed by atoms with Crippen LogP contribution in [0.1, 0.15) is 0 Å². The fourth-order valence-electron chi connectivity index (χ4n) is 4.16. The summed E-state index contributed by atoms with van der Waals surface area (Å²) in [5.41, 5.74) is 4.26. The summed E-state index contributed by atoms with van der Waals surface area (Å²) in [6, 6.07) is 10.1. The molecule has 0 aliphatic rings. The number of benzene rings is 2. The third-order valence-corrected chi connectivity index (χ3v) is 6.18. The summed E-state index contributed by atoms with van der Waals surface area (Å²) in [4.78, 5) is 25.4. The lowest BCUT2D eigenvalue weighted by Crippen LogP contribution is -2.29. The molecule has 0 bridgehead atoms. The van der Waals surface area contributed by atoms with E-state index in [-0.39, 0.29) is 11.7 Å². The summed E-state index contributed by atoms with van der Waals surface area (Å²) in [6.07, 6.45) is 4.78.